The Kier molecular flexibility index (Phi) is 8.54. The lowest BCUT2D eigenvalue weighted by molar-refractivity contribution is 1.07. The van der Waals surface area contributed by atoms with E-state index in [1.165, 1.54) is 21.6 Å². The van der Waals surface area contributed by atoms with Gasteiger partial charge in [-0.05, 0) is 33.0 Å². The molecule has 0 unspecified atom stereocenters. The van der Waals surface area contributed by atoms with Gasteiger partial charge in [0.1, 0.15) is 8.07 Å². The Hall–Kier alpha value is -7.15. The first-order valence-corrected chi connectivity index (χ1v) is 22.3. The summed E-state index contributed by atoms with van der Waals surface area (Å²) in [5.41, 5.74) is 13.0. The van der Waals surface area contributed by atoms with Crippen molar-refractivity contribution in [2.75, 3.05) is 0 Å². The third-order valence-electron chi connectivity index (χ3n) is 11.0. The van der Waals surface area contributed by atoms with Crippen LogP contribution in [0, 0.1) is 0 Å². The molecule has 0 bridgehead atoms. The van der Waals surface area contributed by atoms with Gasteiger partial charge in [0.2, 0.25) is 0 Å². The summed E-state index contributed by atoms with van der Waals surface area (Å²) in [5, 5.41) is 2.64. The minimum Gasteiger partial charge on any atom is -0.237 e. The zero-order chi connectivity index (χ0) is 38.3. The molecule has 1 aliphatic rings. The average molecular weight is 748 g/mol. The third kappa shape index (κ3) is 6.36. The van der Waals surface area contributed by atoms with Crippen molar-refractivity contribution in [2.45, 2.75) is 13.1 Å². The first-order chi connectivity index (χ1) is 28.0. The van der Waals surface area contributed by atoms with Crippen LogP contribution >= 0.6 is 0 Å². The van der Waals surface area contributed by atoms with Gasteiger partial charge in [0.15, 0.2) is 23.3 Å². The zero-order valence-corrected chi connectivity index (χ0v) is 32.6. The van der Waals surface area contributed by atoms with E-state index in [4.69, 9.17) is 24.9 Å². The summed E-state index contributed by atoms with van der Waals surface area (Å²) in [6.07, 6.45) is 0. The highest BCUT2D eigenvalue weighted by Crippen LogP contribution is 2.37. The summed E-state index contributed by atoms with van der Waals surface area (Å²) in [7, 11) is -2.02. The fraction of sp³-hybridized carbons (Fsp3) is 0.0392. The molecular weight excluding hydrogens is 711 g/mol. The normalized spacial score (nSPS) is 12.5. The van der Waals surface area contributed by atoms with Crippen LogP contribution in [0.1, 0.15) is 0 Å². The number of nitrogens with zero attached hydrogens (tertiary/aromatic N) is 5. The first kappa shape index (κ1) is 34.3. The predicted molar refractivity (Wildman–Crippen MR) is 236 cm³/mol. The van der Waals surface area contributed by atoms with E-state index in [1.54, 1.807) is 0 Å². The third-order valence-corrected chi connectivity index (χ3v) is 14.3. The smallest absolute Gasteiger partial charge is 0.164 e. The van der Waals surface area contributed by atoms with Gasteiger partial charge in [0.25, 0.3) is 0 Å². The highest BCUT2D eigenvalue weighted by Gasteiger charge is 2.41. The van der Waals surface area contributed by atoms with Crippen LogP contribution in [-0.2, 0) is 0 Å². The van der Waals surface area contributed by atoms with Crippen LogP contribution in [0.15, 0.2) is 188 Å². The summed E-state index contributed by atoms with van der Waals surface area (Å²) < 4.78 is 0. The number of hydrogen-bond donors (Lipinski definition) is 0. The fourth-order valence-electron chi connectivity index (χ4n) is 7.89. The molecule has 5 nitrogen and oxygen atoms in total. The zero-order valence-electron chi connectivity index (χ0n) is 31.6. The van der Waals surface area contributed by atoms with Gasteiger partial charge in [-0.2, -0.15) is 0 Å². The van der Waals surface area contributed by atoms with Crippen molar-refractivity contribution in [1.29, 1.82) is 0 Å². The van der Waals surface area contributed by atoms with E-state index in [0.29, 0.717) is 17.5 Å². The first-order valence-electron chi connectivity index (χ1n) is 19.3. The van der Waals surface area contributed by atoms with Gasteiger partial charge in [-0.25, -0.2) is 24.9 Å². The molecule has 0 saturated heterocycles. The lowest BCUT2D eigenvalue weighted by Crippen LogP contribution is -2.50. The van der Waals surface area contributed by atoms with E-state index in [2.05, 4.69) is 140 Å². The van der Waals surface area contributed by atoms with Gasteiger partial charge in [0.05, 0.1) is 5.69 Å². The Labute approximate surface area is 333 Å². The monoisotopic (exact) mass is 747 g/mol. The summed E-state index contributed by atoms with van der Waals surface area (Å²) in [5.74, 6) is 2.72. The predicted octanol–water partition coefficient (Wildman–Crippen LogP) is 11.1. The summed E-state index contributed by atoms with van der Waals surface area (Å²) in [6.45, 7) is 4.81. The van der Waals surface area contributed by atoms with Crippen molar-refractivity contribution >= 4 is 18.6 Å². The molecule has 270 valence electrons. The van der Waals surface area contributed by atoms with Gasteiger partial charge in [-0.3, -0.25) is 0 Å². The van der Waals surface area contributed by atoms with E-state index in [1.807, 2.05) is 60.7 Å². The average Bonchev–Trinajstić information content (AvgIpc) is 3.52. The molecule has 0 spiro atoms. The van der Waals surface area contributed by atoms with Gasteiger partial charge in [-0.1, -0.05) is 201 Å². The molecule has 0 radical (unpaired) electrons. The molecule has 9 aromatic rings. The van der Waals surface area contributed by atoms with Gasteiger partial charge in [-0.15, -0.1) is 0 Å². The summed E-state index contributed by atoms with van der Waals surface area (Å²) >= 11 is 0. The maximum Gasteiger partial charge on any atom is 0.164 e. The summed E-state index contributed by atoms with van der Waals surface area (Å²) in [6, 6.07) is 65.3. The van der Waals surface area contributed by atoms with Crippen LogP contribution < -0.4 is 10.5 Å². The molecule has 1 aliphatic heterocycles. The highest BCUT2D eigenvalue weighted by atomic mass is 28.3. The van der Waals surface area contributed by atoms with Crippen LogP contribution in [0.2, 0.25) is 13.1 Å². The molecule has 0 aliphatic carbocycles. The van der Waals surface area contributed by atoms with Crippen LogP contribution in [0.5, 0.6) is 0 Å². The van der Waals surface area contributed by atoms with Crippen molar-refractivity contribution in [1.82, 2.24) is 24.9 Å². The lowest BCUT2D eigenvalue weighted by atomic mass is 9.98. The van der Waals surface area contributed by atoms with E-state index < -0.39 is 8.07 Å². The van der Waals surface area contributed by atoms with Crippen molar-refractivity contribution in [3.8, 4) is 90.2 Å². The van der Waals surface area contributed by atoms with E-state index in [-0.39, 0.29) is 0 Å². The van der Waals surface area contributed by atoms with E-state index in [0.717, 1.165) is 61.6 Å². The van der Waals surface area contributed by atoms with Gasteiger partial charge < -0.3 is 0 Å². The molecule has 57 heavy (non-hydrogen) atoms. The minimum atomic E-state index is -2.02. The van der Waals surface area contributed by atoms with E-state index in [9.17, 15) is 0 Å². The second kappa shape index (κ2) is 14.2. The highest BCUT2D eigenvalue weighted by molar-refractivity contribution is 7.03. The Balaban J connectivity index is 0.924. The van der Waals surface area contributed by atoms with Crippen LogP contribution in [0.25, 0.3) is 90.2 Å². The number of benzene rings is 7. The Bertz CT molecular complexity index is 2820. The molecule has 0 saturated carbocycles. The quantitative estimate of drug-likeness (QED) is 0.152. The van der Waals surface area contributed by atoms with Gasteiger partial charge in [0, 0.05) is 38.7 Å². The maximum atomic E-state index is 5.33. The molecule has 7 aromatic carbocycles. The summed E-state index contributed by atoms with van der Waals surface area (Å²) in [4.78, 5) is 25.2. The van der Waals surface area contributed by atoms with Crippen molar-refractivity contribution in [3.63, 3.8) is 0 Å². The molecule has 0 atom stereocenters. The Morgan fingerprint density at radius 1 is 0.298 bits per heavy atom. The fourth-order valence-corrected chi connectivity index (χ4v) is 10.8. The number of aromatic nitrogens is 5. The van der Waals surface area contributed by atoms with Crippen LogP contribution in [0.4, 0.5) is 0 Å². The number of fused-ring (bicyclic) bond motifs is 3. The van der Waals surface area contributed by atoms with Crippen molar-refractivity contribution in [2.24, 2.45) is 0 Å². The number of rotatable bonds is 7. The van der Waals surface area contributed by atoms with E-state index >= 15 is 0 Å². The molecule has 0 N–H and O–H groups in total. The second-order valence-corrected chi connectivity index (χ2v) is 19.2. The SMILES string of the molecule is C[Si]1(C)c2ccccc2-c2c(-c3ccccc3)nc(-c3ccc(-c4ccc(-c5ccc(-c6nc(-c7ccccc7)nc(-c7ccccc7)n6)cc5)cc4)cc3)nc21. The van der Waals surface area contributed by atoms with Crippen molar-refractivity contribution in [3.05, 3.63) is 188 Å². The maximum absolute atomic E-state index is 5.33. The molecule has 2 aromatic heterocycles. The molecule has 6 heteroatoms. The van der Waals surface area contributed by atoms with Crippen LogP contribution in [0.3, 0.4) is 0 Å². The largest absolute Gasteiger partial charge is 0.237 e. The molecule has 3 heterocycles. The molecule has 0 fully saturated rings. The molecular formula is C51H37N5Si. The standard InChI is InChI=1S/C51H37N5Si/c1-57(2)44-21-13-12-20-43(44)45-46(38-14-6-3-7-15-38)52-47(56-51(45)57)41-30-26-36(27-31-41)34-22-24-35(25-23-34)37-28-32-42(33-29-37)50-54-48(39-16-8-4-9-17-39)53-49(55-50)40-18-10-5-11-19-40/h3-33H,1-2H3. The lowest BCUT2D eigenvalue weighted by Gasteiger charge is -2.19. The second-order valence-electron chi connectivity index (χ2n) is 14.9. The Morgan fingerprint density at radius 2 is 0.632 bits per heavy atom. The Morgan fingerprint density at radius 3 is 1.07 bits per heavy atom. The minimum absolute atomic E-state index is 0.644. The number of hydrogen-bond acceptors (Lipinski definition) is 5. The topological polar surface area (TPSA) is 64.5 Å². The van der Waals surface area contributed by atoms with Crippen LogP contribution in [-0.4, -0.2) is 33.0 Å². The molecule has 0 amide bonds. The van der Waals surface area contributed by atoms with Crippen molar-refractivity contribution < 1.29 is 0 Å². The molecule has 10 rings (SSSR count). The van der Waals surface area contributed by atoms with Gasteiger partial charge >= 0.3 is 0 Å².